The maximum Gasteiger partial charge on any atom is 0.340 e. The van der Waals surface area contributed by atoms with Crippen LogP contribution in [0, 0.1) is 0 Å². The Balaban J connectivity index is 1.91. The fraction of sp³-hybridized carbons (Fsp3) is 0.188. The van der Waals surface area contributed by atoms with Crippen molar-refractivity contribution in [2.45, 2.75) is 13.3 Å². The highest BCUT2D eigenvalue weighted by atomic mass is 79.9. The summed E-state index contributed by atoms with van der Waals surface area (Å²) in [6.45, 7) is 1.66. The van der Waals surface area contributed by atoms with E-state index in [2.05, 4.69) is 26.2 Å². The Morgan fingerprint density at radius 2 is 2.05 bits per heavy atom. The Bertz CT molecular complexity index is 689. The van der Waals surface area contributed by atoms with Gasteiger partial charge in [0.15, 0.2) is 6.61 Å². The standard InChI is InChI=1S/C16H15BrN2O3/c1-2-11-5-3-4-6-14(11)19-15(20)10-22-16(21)12-7-13(17)9-18-8-12/h3-9H,2,10H2,1H3,(H,19,20). The van der Waals surface area contributed by atoms with E-state index in [9.17, 15) is 9.59 Å². The van der Waals surface area contributed by atoms with Gasteiger partial charge in [0.25, 0.3) is 5.91 Å². The third kappa shape index (κ3) is 4.39. The molecule has 6 heteroatoms. The number of nitrogens with zero attached hydrogens (tertiary/aromatic N) is 1. The number of rotatable bonds is 5. The monoisotopic (exact) mass is 362 g/mol. The summed E-state index contributed by atoms with van der Waals surface area (Å²) in [7, 11) is 0. The summed E-state index contributed by atoms with van der Waals surface area (Å²) in [6.07, 6.45) is 3.75. The molecule has 0 unspecified atom stereocenters. The molecule has 0 radical (unpaired) electrons. The lowest BCUT2D eigenvalue weighted by atomic mass is 10.1. The largest absolute Gasteiger partial charge is 0.452 e. The molecule has 0 bridgehead atoms. The van der Waals surface area contributed by atoms with E-state index in [0.29, 0.717) is 4.47 Å². The molecular formula is C16H15BrN2O3. The molecule has 0 spiro atoms. The van der Waals surface area contributed by atoms with Crippen LogP contribution in [0.4, 0.5) is 5.69 Å². The summed E-state index contributed by atoms with van der Waals surface area (Å²) in [6, 6.07) is 9.09. The summed E-state index contributed by atoms with van der Waals surface area (Å²) >= 11 is 3.22. The van der Waals surface area contributed by atoms with E-state index in [1.54, 1.807) is 12.3 Å². The minimum absolute atomic E-state index is 0.288. The van der Waals surface area contributed by atoms with Crippen molar-refractivity contribution in [1.29, 1.82) is 0 Å². The predicted molar refractivity (Wildman–Crippen MR) is 86.7 cm³/mol. The number of aromatic nitrogens is 1. The lowest BCUT2D eigenvalue weighted by molar-refractivity contribution is -0.119. The molecule has 2 aromatic rings. The van der Waals surface area contributed by atoms with E-state index in [4.69, 9.17) is 4.74 Å². The Morgan fingerprint density at radius 1 is 1.27 bits per heavy atom. The van der Waals surface area contributed by atoms with Crippen molar-refractivity contribution in [3.05, 3.63) is 58.3 Å². The maximum absolute atomic E-state index is 11.9. The van der Waals surface area contributed by atoms with Crippen LogP contribution in [0.2, 0.25) is 0 Å². The minimum atomic E-state index is -0.590. The van der Waals surface area contributed by atoms with E-state index < -0.39 is 5.97 Å². The molecule has 1 aromatic heterocycles. The number of hydrogen-bond donors (Lipinski definition) is 1. The molecule has 5 nitrogen and oxygen atoms in total. The number of esters is 1. The van der Waals surface area contributed by atoms with E-state index >= 15 is 0 Å². The number of carbonyl (C=O) groups is 2. The van der Waals surface area contributed by atoms with Gasteiger partial charge in [-0.15, -0.1) is 0 Å². The lowest BCUT2D eigenvalue weighted by Crippen LogP contribution is -2.21. The number of halogens is 1. The van der Waals surface area contributed by atoms with Crippen molar-refractivity contribution in [3.63, 3.8) is 0 Å². The van der Waals surface area contributed by atoms with Crippen molar-refractivity contribution >= 4 is 33.5 Å². The summed E-state index contributed by atoms with van der Waals surface area (Å²) in [4.78, 5) is 27.6. The molecule has 0 fully saturated rings. The van der Waals surface area contributed by atoms with Gasteiger partial charge in [0, 0.05) is 22.6 Å². The number of amides is 1. The predicted octanol–water partition coefficient (Wildman–Crippen LogP) is 3.20. The second-order valence-corrected chi connectivity index (χ2v) is 5.44. The highest BCUT2D eigenvalue weighted by Crippen LogP contribution is 2.15. The molecule has 1 N–H and O–H groups in total. The number of pyridine rings is 1. The normalized spacial score (nSPS) is 10.1. The lowest BCUT2D eigenvalue weighted by Gasteiger charge is -2.10. The fourth-order valence-corrected chi connectivity index (χ4v) is 2.24. The van der Waals surface area contributed by atoms with Crippen LogP contribution in [-0.4, -0.2) is 23.5 Å². The number of benzene rings is 1. The first-order valence-corrected chi connectivity index (χ1v) is 7.55. The molecule has 2 rings (SSSR count). The van der Waals surface area contributed by atoms with Gasteiger partial charge in [0.1, 0.15) is 0 Å². The Kier molecular flexibility index (Phi) is 5.66. The van der Waals surface area contributed by atoms with Crippen LogP contribution in [0.25, 0.3) is 0 Å². The van der Waals surface area contributed by atoms with Crippen molar-refractivity contribution in [2.24, 2.45) is 0 Å². The summed E-state index contributed by atoms with van der Waals surface area (Å²) < 4.78 is 5.65. The van der Waals surface area contributed by atoms with Crippen molar-refractivity contribution in [1.82, 2.24) is 4.98 Å². The molecule has 0 saturated heterocycles. The number of nitrogens with one attached hydrogen (secondary N) is 1. The number of carbonyl (C=O) groups excluding carboxylic acids is 2. The third-order valence-electron chi connectivity index (χ3n) is 2.95. The zero-order valence-corrected chi connectivity index (χ0v) is 13.6. The average molecular weight is 363 g/mol. The van der Waals surface area contributed by atoms with Crippen LogP contribution in [0.15, 0.2) is 47.2 Å². The first-order chi connectivity index (χ1) is 10.6. The molecule has 1 amide bonds. The summed E-state index contributed by atoms with van der Waals surface area (Å²) in [5, 5.41) is 2.74. The molecule has 0 aliphatic rings. The Morgan fingerprint density at radius 3 is 2.77 bits per heavy atom. The molecule has 0 aliphatic heterocycles. The molecule has 114 valence electrons. The molecule has 0 atom stereocenters. The maximum atomic E-state index is 11.9. The van der Waals surface area contributed by atoms with Crippen molar-refractivity contribution in [3.8, 4) is 0 Å². The van der Waals surface area contributed by atoms with Crippen LogP contribution in [0.1, 0.15) is 22.8 Å². The van der Waals surface area contributed by atoms with E-state index in [-0.39, 0.29) is 18.1 Å². The smallest absolute Gasteiger partial charge is 0.340 e. The average Bonchev–Trinajstić information content (AvgIpc) is 2.53. The van der Waals surface area contributed by atoms with Gasteiger partial charge in [-0.2, -0.15) is 0 Å². The van der Waals surface area contributed by atoms with Crippen LogP contribution in [0.3, 0.4) is 0 Å². The quantitative estimate of drug-likeness (QED) is 0.829. The minimum Gasteiger partial charge on any atom is -0.452 e. The topological polar surface area (TPSA) is 68.3 Å². The zero-order valence-electron chi connectivity index (χ0n) is 12.0. The van der Waals surface area contributed by atoms with Crippen LogP contribution >= 0.6 is 15.9 Å². The second-order valence-electron chi connectivity index (χ2n) is 4.53. The van der Waals surface area contributed by atoms with Gasteiger partial charge < -0.3 is 10.1 Å². The van der Waals surface area contributed by atoms with Gasteiger partial charge in [0.2, 0.25) is 0 Å². The Labute approximate surface area is 136 Å². The summed E-state index contributed by atoms with van der Waals surface area (Å²) in [5.41, 5.74) is 2.05. The van der Waals surface area contributed by atoms with Crippen molar-refractivity contribution < 1.29 is 14.3 Å². The summed E-state index contributed by atoms with van der Waals surface area (Å²) in [5.74, 6) is -0.968. The van der Waals surface area contributed by atoms with Crippen molar-refractivity contribution in [2.75, 3.05) is 11.9 Å². The van der Waals surface area contributed by atoms with Crippen LogP contribution in [-0.2, 0) is 16.0 Å². The highest BCUT2D eigenvalue weighted by molar-refractivity contribution is 9.10. The molecular weight excluding hydrogens is 348 g/mol. The van der Waals surface area contributed by atoms with E-state index in [1.165, 1.54) is 6.20 Å². The first kappa shape index (κ1) is 16.2. The van der Waals surface area contributed by atoms with Crippen LogP contribution < -0.4 is 5.32 Å². The van der Waals surface area contributed by atoms with Gasteiger partial charge in [-0.1, -0.05) is 25.1 Å². The number of hydrogen-bond acceptors (Lipinski definition) is 4. The van der Waals surface area contributed by atoms with E-state index in [1.807, 2.05) is 31.2 Å². The zero-order chi connectivity index (χ0) is 15.9. The van der Waals surface area contributed by atoms with Gasteiger partial charge in [0.05, 0.1) is 5.56 Å². The molecule has 1 aromatic carbocycles. The van der Waals surface area contributed by atoms with E-state index in [0.717, 1.165) is 17.7 Å². The SMILES string of the molecule is CCc1ccccc1NC(=O)COC(=O)c1cncc(Br)c1. The number of ether oxygens (including phenoxy) is 1. The molecule has 1 heterocycles. The first-order valence-electron chi connectivity index (χ1n) is 6.75. The second kappa shape index (κ2) is 7.70. The Hall–Kier alpha value is -2.21. The number of para-hydroxylation sites is 1. The van der Waals surface area contributed by atoms with Crippen LogP contribution in [0.5, 0.6) is 0 Å². The highest BCUT2D eigenvalue weighted by Gasteiger charge is 2.12. The van der Waals surface area contributed by atoms with Gasteiger partial charge in [-0.05, 0) is 40.0 Å². The van der Waals surface area contributed by atoms with Gasteiger partial charge >= 0.3 is 5.97 Å². The molecule has 22 heavy (non-hydrogen) atoms. The molecule has 0 saturated carbocycles. The van der Waals surface area contributed by atoms with Gasteiger partial charge in [-0.25, -0.2) is 4.79 Å². The third-order valence-corrected chi connectivity index (χ3v) is 3.38. The number of aryl methyl sites for hydroxylation is 1. The molecule has 0 aliphatic carbocycles. The van der Waals surface area contributed by atoms with Gasteiger partial charge in [-0.3, -0.25) is 9.78 Å². The fourth-order valence-electron chi connectivity index (χ4n) is 1.87. The number of anilines is 1.